The first-order valence-electron chi connectivity index (χ1n) is 3.02. The highest BCUT2D eigenvalue weighted by atomic mass is 35.5. The molecule has 1 aromatic rings. The minimum Gasteiger partial charge on any atom is -0.396 e. The number of nitrogens with two attached hydrogens (primary N) is 2. The molecule has 4 N–H and O–H groups in total. The second-order valence-electron chi connectivity index (χ2n) is 2.13. The van der Waals surface area contributed by atoms with Gasteiger partial charge in [0.2, 0.25) is 0 Å². The van der Waals surface area contributed by atoms with Gasteiger partial charge in [-0.15, -0.1) is 0 Å². The smallest absolute Gasteiger partial charge is 0.281 e. The number of hydrogen-bond acceptors (Lipinski definition) is 3. The van der Waals surface area contributed by atoms with Crippen molar-refractivity contribution >= 4 is 23.1 Å². The molecular formula is C6H6ClF2N3. The third kappa shape index (κ3) is 1.55. The van der Waals surface area contributed by atoms with E-state index in [0.29, 0.717) is 0 Å². The molecule has 6 heteroatoms. The molecule has 0 saturated carbocycles. The van der Waals surface area contributed by atoms with Crippen LogP contribution in [0.4, 0.5) is 20.3 Å². The van der Waals surface area contributed by atoms with Crippen molar-refractivity contribution < 1.29 is 8.78 Å². The molecule has 0 spiro atoms. The first-order valence-corrected chi connectivity index (χ1v) is 3.39. The Morgan fingerprint density at radius 3 is 2.50 bits per heavy atom. The second kappa shape index (κ2) is 3.10. The van der Waals surface area contributed by atoms with Crippen LogP contribution in [0, 0.1) is 0 Å². The molecule has 0 saturated heterocycles. The van der Waals surface area contributed by atoms with E-state index in [4.69, 9.17) is 23.1 Å². The zero-order valence-electron chi connectivity index (χ0n) is 5.89. The van der Waals surface area contributed by atoms with E-state index in [9.17, 15) is 8.78 Å². The highest BCUT2D eigenvalue weighted by molar-refractivity contribution is 6.31. The van der Waals surface area contributed by atoms with E-state index >= 15 is 0 Å². The molecule has 0 radical (unpaired) electrons. The number of nitrogen functional groups attached to an aromatic ring is 2. The molecule has 1 heterocycles. The van der Waals surface area contributed by atoms with Gasteiger partial charge in [-0.1, -0.05) is 11.6 Å². The molecule has 0 amide bonds. The van der Waals surface area contributed by atoms with Crippen LogP contribution in [-0.2, 0) is 0 Å². The first kappa shape index (κ1) is 8.99. The summed E-state index contributed by atoms with van der Waals surface area (Å²) in [6.07, 6.45) is -2.74. The molecule has 12 heavy (non-hydrogen) atoms. The summed E-state index contributed by atoms with van der Waals surface area (Å²) in [6, 6.07) is 1.16. The summed E-state index contributed by atoms with van der Waals surface area (Å²) >= 11 is 5.42. The molecule has 0 unspecified atom stereocenters. The van der Waals surface area contributed by atoms with Crippen molar-refractivity contribution in [2.75, 3.05) is 11.5 Å². The van der Waals surface area contributed by atoms with E-state index in [1.165, 1.54) is 0 Å². The van der Waals surface area contributed by atoms with Crippen molar-refractivity contribution in [2.24, 2.45) is 0 Å². The van der Waals surface area contributed by atoms with Crippen LogP contribution in [0.25, 0.3) is 0 Å². The van der Waals surface area contributed by atoms with Crippen molar-refractivity contribution in [3.63, 3.8) is 0 Å². The number of aromatic nitrogens is 1. The Bertz CT molecular complexity index is 303. The summed E-state index contributed by atoms with van der Waals surface area (Å²) in [6.45, 7) is 0. The minimum atomic E-state index is -2.74. The molecule has 0 aromatic carbocycles. The molecule has 1 rings (SSSR count). The zero-order valence-corrected chi connectivity index (χ0v) is 6.65. The average Bonchev–Trinajstić information content (AvgIpc) is 1.96. The van der Waals surface area contributed by atoms with Crippen LogP contribution in [-0.4, -0.2) is 4.98 Å². The van der Waals surface area contributed by atoms with E-state index in [2.05, 4.69) is 4.98 Å². The Morgan fingerprint density at radius 2 is 2.00 bits per heavy atom. The van der Waals surface area contributed by atoms with Gasteiger partial charge in [-0.3, -0.25) is 0 Å². The van der Waals surface area contributed by atoms with Gasteiger partial charge in [0.15, 0.2) is 0 Å². The Labute approximate surface area is 72.3 Å². The van der Waals surface area contributed by atoms with Gasteiger partial charge in [-0.05, 0) is 6.07 Å². The molecule has 0 bridgehead atoms. The number of halogens is 3. The van der Waals surface area contributed by atoms with Crippen LogP contribution < -0.4 is 11.5 Å². The van der Waals surface area contributed by atoms with Gasteiger partial charge in [0.1, 0.15) is 11.5 Å². The lowest BCUT2D eigenvalue weighted by Gasteiger charge is -2.04. The maximum absolute atomic E-state index is 12.1. The Kier molecular flexibility index (Phi) is 2.32. The molecule has 0 fully saturated rings. The van der Waals surface area contributed by atoms with E-state index in [0.717, 1.165) is 6.07 Å². The Morgan fingerprint density at radius 1 is 1.42 bits per heavy atom. The predicted octanol–water partition coefficient (Wildman–Crippen LogP) is 1.84. The van der Waals surface area contributed by atoms with E-state index in [1.807, 2.05) is 0 Å². The molecule has 0 atom stereocenters. The zero-order chi connectivity index (χ0) is 9.30. The van der Waals surface area contributed by atoms with Crippen LogP contribution in [0.1, 0.15) is 12.1 Å². The van der Waals surface area contributed by atoms with Gasteiger partial charge in [-0.2, -0.15) is 0 Å². The van der Waals surface area contributed by atoms with Crippen LogP contribution in [0.5, 0.6) is 0 Å². The lowest BCUT2D eigenvalue weighted by atomic mass is 10.3. The summed E-state index contributed by atoms with van der Waals surface area (Å²) in [5.41, 5.74) is 10.0. The fourth-order valence-electron chi connectivity index (χ4n) is 0.685. The van der Waals surface area contributed by atoms with E-state index in [-0.39, 0.29) is 16.5 Å². The topological polar surface area (TPSA) is 64.9 Å². The minimum absolute atomic E-state index is 0.101. The van der Waals surface area contributed by atoms with Crippen molar-refractivity contribution in [1.82, 2.24) is 4.98 Å². The fraction of sp³-hybridized carbons (Fsp3) is 0.167. The summed E-state index contributed by atoms with van der Waals surface area (Å²) < 4.78 is 24.2. The van der Waals surface area contributed by atoms with Gasteiger partial charge in [0.05, 0.1) is 10.7 Å². The molecule has 0 aliphatic carbocycles. The monoisotopic (exact) mass is 193 g/mol. The van der Waals surface area contributed by atoms with Crippen molar-refractivity contribution in [1.29, 1.82) is 0 Å². The standard InChI is InChI=1S/C6H6ClF2N3/c7-2-1-3(10)6(11)12-4(2)5(8)9/h1,5H,10H2,(H2,11,12). The molecule has 3 nitrogen and oxygen atoms in total. The average molecular weight is 194 g/mol. The summed E-state index contributed by atoms with van der Waals surface area (Å²) in [5.74, 6) is -0.130. The molecule has 0 aliphatic heterocycles. The van der Waals surface area contributed by atoms with Crippen molar-refractivity contribution in [2.45, 2.75) is 6.43 Å². The SMILES string of the molecule is Nc1cc(Cl)c(C(F)F)nc1N. The lowest BCUT2D eigenvalue weighted by Crippen LogP contribution is -2.02. The third-order valence-corrected chi connectivity index (χ3v) is 1.57. The second-order valence-corrected chi connectivity index (χ2v) is 2.54. The van der Waals surface area contributed by atoms with Gasteiger partial charge in [0, 0.05) is 0 Å². The summed E-state index contributed by atoms with van der Waals surface area (Å²) in [4.78, 5) is 3.34. The van der Waals surface area contributed by atoms with Crippen LogP contribution in [0.15, 0.2) is 6.07 Å². The van der Waals surface area contributed by atoms with Crippen LogP contribution in [0.3, 0.4) is 0 Å². The fourth-order valence-corrected chi connectivity index (χ4v) is 0.927. The van der Waals surface area contributed by atoms with Gasteiger partial charge < -0.3 is 11.5 Å². The predicted molar refractivity (Wildman–Crippen MR) is 43.0 cm³/mol. The van der Waals surface area contributed by atoms with Crippen LogP contribution >= 0.6 is 11.6 Å². The number of anilines is 2. The molecular weight excluding hydrogens is 188 g/mol. The van der Waals surface area contributed by atoms with Crippen molar-refractivity contribution in [3.8, 4) is 0 Å². The van der Waals surface area contributed by atoms with E-state index < -0.39 is 12.1 Å². The highest BCUT2D eigenvalue weighted by Gasteiger charge is 2.15. The maximum atomic E-state index is 12.1. The largest absolute Gasteiger partial charge is 0.396 e. The van der Waals surface area contributed by atoms with Gasteiger partial charge in [-0.25, -0.2) is 13.8 Å². The number of hydrogen-bond donors (Lipinski definition) is 2. The number of pyridine rings is 1. The number of nitrogens with zero attached hydrogens (tertiary/aromatic N) is 1. The van der Waals surface area contributed by atoms with Crippen molar-refractivity contribution in [3.05, 3.63) is 16.8 Å². The van der Waals surface area contributed by atoms with Gasteiger partial charge in [0.25, 0.3) is 6.43 Å². The highest BCUT2D eigenvalue weighted by Crippen LogP contribution is 2.28. The van der Waals surface area contributed by atoms with E-state index in [1.54, 1.807) is 0 Å². The number of alkyl halides is 2. The molecule has 1 aromatic heterocycles. The first-order chi connectivity index (χ1) is 5.52. The maximum Gasteiger partial charge on any atom is 0.281 e. The quantitative estimate of drug-likeness (QED) is 0.715. The lowest BCUT2D eigenvalue weighted by molar-refractivity contribution is 0.146. The number of rotatable bonds is 1. The van der Waals surface area contributed by atoms with Crippen LogP contribution in [0.2, 0.25) is 5.02 Å². The normalized spacial score (nSPS) is 10.7. The molecule has 0 aliphatic rings. The Hall–Kier alpha value is -1.10. The molecule has 66 valence electrons. The summed E-state index contributed by atoms with van der Waals surface area (Å²) in [7, 11) is 0. The third-order valence-electron chi connectivity index (χ3n) is 1.27. The Balaban J connectivity index is 3.23. The summed E-state index contributed by atoms with van der Waals surface area (Å²) in [5, 5.41) is -0.170. The van der Waals surface area contributed by atoms with Gasteiger partial charge >= 0.3 is 0 Å².